The minimum Gasteiger partial charge on any atom is -0.330 e. The Morgan fingerprint density at radius 3 is 2.50 bits per heavy atom. The number of nitrogens with two attached hydrogens (primary N) is 1. The number of nitrogens with zero attached hydrogens (tertiary/aromatic N) is 1. The van der Waals surface area contributed by atoms with Crippen LogP contribution in [0.5, 0.6) is 0 Å². The van der Waals surface area contributed by atoms with Gasteiger partial charge in [0.15, 0.2) is 0 Å². The number of alkyl halides is 2. The summed E-state index contributed by atoms with van der Waals surface area (Å²) in [4.78, 5) is 3.67. The van der Waals surface area contributed by atoms with Crippen molar-refractivity contribution in [2.24, 2.45) is 5.73 Å². The quantitative estimate of drug-likeness (QED) is 0.826. The van der Waals surface area contributed by atoms with E-state index in [0.717, 1.165) is 0 Å². The summed E-state index contributed by atoms with van der Waals surface area (Å²) in [5.74, 6) is -1.04. The first-order valence-electron chi connectivity index (χ1n) is 3.85. The Bertz CT molecular complexity index is 320. The minimum absolute atomic E-state index is 0.0976. The van der Waals surface area contributed by atoms with Crippen molar-refractivity contribution in [1.82, 2.24) is 4.98 Å². The van der Waals surface area contributed by atoms with Crippen LogP contribution in [0.3, 0.4) is 0 Å². The van der Waals surface area contributed by atoms with Crippen LogP contribution in [0.25, 0.3) is 0 Å². The zero-order chi connectivity index (χ0) is 10.7. The fourth-order valence-corrected chi connectivity index (χ4v) is 1.30. The topological polar surface area (TPSA) is 38.9 Å². The number of rotatable bonds is 3. The second kappa shape index (κ2) is 4.87. The van der Waals surface area contributed by atoms with Crippen LogP contribution in [0.15, 0.2) is 12.3 Å². The van der Waals surface area contributed by atoms with E-state index < -0.39 is 12.3 Å². The highest BCUT2D eigenvalue weighted by atomic mass is 35.5. The minimum atomic E-state index is -2.53. The molecule has 0 saturated heterocycles. The lowest BCUT2D eigenvalue weighted by atomic mass is 10.0. The molecule has 0 radical (unpaired) electrons. The molecular weight excluding hydrogens is 233 g/mol. The van der Waals surface area contributed by atoms with E-state index in [1.165, 1.54) is 12.3 Å². The Hall–Kier alpha value is -0.450. The van der Waals surface area contributed by atoms with Crippen LogP contribution in [-0.2, 0) is 0 Å². The summed E-state index contributed by atoms with van der Waals surface area (Å²) >= 11 is 11.2. The van der Waals surface area contributed by atoms with E-state index in [-0.39, 0.29) is 16.7 Å². The van der Waals surface area contributed by atoms with Gasteiger partial charge in [0.1, 0.15) is 5.15 Å². The zero-order valence-electron chi connectivity index (χ0n) is 7.05. The van der Waals surface area contributed by atoms with Gasteiger partial charge in [0, 0.05) is 12.7 Å². The van der Waals surface area contributed by atoms with Crippen LogP contribution in [0.4, 0.5) is 8.78 Å². The maximum absolute atomic E-state index is 12.4. The van der Waals surface area contributed by atoms with Crippen molar-refractivity contribution in [3.05, 3.63) is 28.0 Å². The Morgan fingerprint density at radius 2 is 2.07 bits per heavy atom. The van der Waals surface area contributed by atoms with E-state index in [1.54, 1.807) is 0 Å². The lowest BCUT2D eigenvalue weighted by Crippen LogP contribution is -2.19. The standard InChI is InChI=1S/C8H8Cl2F2N2/c9-6-1-4(3-14-7(6)10)5(2-13)8(11)12/h1,3,5,8H,2,13H2. The van der Waals surface area contributed by atoms with Crippen molar-refractivity contribution in [2.45, 2.75) is 12.3 Å². The molecule has 1 atom stereocenters. The van der Waals surface area contributed by atoms with Gasteiger partial charge in [-0.1, -0.05) is 23.2 Å². The molecule has 0 aliphatic carbocycles. The summed E-state index contributed by atoms with van der Waals surface area (Å²) < 4.78 is 24.9. The van der Waals surface area contributed by atoms with E-state index >= 15 is 0 Å². The molecule has 2 N–H and O–H groups in total. The third kappa shape index (κ3) is 2.53. The molecule has 1 heterocycles. The van der Waals surface area contributed by atoms with Gasteiger partial charge in [0.25, 0.3) is 0 Å². The van der Waals surface area contributed by atoms with Gasteiger partial charge in [-0.3, -0.25) is 0 Å². The van der Waals surface area contributed by atoms with Gasteiger partial charge in [-0.2, -0.15) is 0 Å². The average molecular weight is 241 g/mol. The highest BCUT2D eigenvalue weighted by Crippen LogP contribution is 2.27. The molecule has 1 aromatic rings. The molecule has 0 saturated carbocycles. The van der Waals surface area contributed by atoms with Crippen molar-refractivity contribution in [1.29, 1.82) is 0 Å². The fourth-order valence-electron chi connectivity index (χ4n) is 1.02. The predicted molar refractivity (Wildman–Crippen MR) is 52.1 cm³/mol. The molecule has 0 spiro atoms. The normalized spacial score (nSPS) is 13.3. The van der Waals surface area contributed by atoms with Crippen LogP contribution in [-0.4, -0.2) is 18.0 Å². The molecule has 0 fully saturated rings. The first kappa shape index (κ1) is 11.6. The Morgan fingerprint density at radius 1 is 1.43 bits per heavy atom. The van der Waals surface area contributed by atoms with Gasteiger partial charge in [0.05, 0.1) is 10.9 Å². The van der Waals surface area contributed by atoms with Crippen LogP contribution in [0, 0.1) is 0 Å². The number of aromatic nitrogens is 1. The smallest absolute Gasteiger partial charge is 0.246 e. The number of hydrogen-bond acceptors (Lipinski definition) is 2. The average Bonchev–Trinajstić information content (AvgIpc) is 2.11. The Balaban J connectivity index is 3.00. The third-order valence-corrected chi connectivity index (χ3v) is 2.49. The van der Waals surface area contributed by atoms with Crippen LogP contribution >= 0.6 is 23.2 Å². The van der Waals surface area contributed by atoms with Crippen molar-refractivity contribution < 1.29 is 8.78 Å². The second-order valence-corrected chi connectivity index (χ2v) is 3.48. The number of pyridine rings is 1. The molecule has 1 aromatic heterocycles. The maximum atomic E-state index is 12.4. The first-order chi connectivity index (χ1) is 6.56. The zero-order valence-corrected chi connectivity index (χ0v) is 8.56. The van der Waals surface area contributed by atoms with Crippen molar-refractivity contribution >= 4 is 23.2 Å². The Kier molecular flexibility index (Phi) is 4.04. The van der Waals surface area contributed by atoms with Crippen LogP contribution in [0.1, 0.15) is 11.5 Å². The highest BCUT2D eigenvalue weighted by molar-refractivity contribution is 6.41. The van der Waals surface area contributed by atoms with E-state index in [9.17, 15) is 8.78 Å². The third-order valence-electron chi connectivity index (χ3n) is 1.80. The molecule has 0 bridgehead atoms. The van der Waals surface area contributed by atoms with Gasteiger partial charge in [0.2, 0.25) is 6.43 Å². The number of hydrogen-bond donors (Lipinski definition) is 1. The van der Waals surface area contributed by atoms with Crippen LogP contribution in [0.2, 0.25) is 10.2 Å². The highest BCUT2D eigenvalue weighted by Gasteiger charge is 2.21. The van der Waals surface area contributed by atoms with Gasteiger partial charge in [-0.15, -0.1) is 0 Å². The lowest BCUT2D eigenvalue weighted by Gasteiger charge is -2.13. The van der Waals surface area contributed by atoms with Gasteiger partial charge in [-0.25, -0.2) is 13.8 Å². The van der Waals surface area contributed by atoms with Crippen LogP contribution < -0.4 is 5.73 Å². The molecule has 6 heteroatoms. The summed E-state index contributed by atoms with van der Waals surface area (Å²) in [7, 11) is 0. The molecular formula is C8H8Cl2F2N2. The summed E-state index contributed by atoms with van der Waals surface area (Å²) in [5.41, 5.74) is 5.51. The maximum Gasteiger partial charge on any atom is 0.246 e. The van der Waals surface area contributed by atoms with Gasteiger partial charge in [-0.05, 0) is 11.6 Å². The molecule has 0 amide bonds. The van der Waals surface area contributed by atoms with E-state index in [2.05, 4.69) is 4.98 Å². The second-order valence-electron chi connectivity index (χ2n) is 2.72. The molecule has 0 aromatic carbocycles. The molecule has 0 aliphatic heterocycles. The summed E-state index contributed by atoms with van der Waals surface area (Å²) in [6.07, 6.45) is -1.27. The summed E-state index contributed by atoms with van der Waals surface area (Å²) in [6, 6.07) is 1.36. The molecule has 1 rings (SSSR count). The largest absolute Gasteiger partial charge is 0.330 e. The van der Waals surface area contributed by atoms with E-state index in [4.69, 9.17) is 28.9 Å². The molecule has 14 heavy (non-hydrogen) atoms. The van der Waals surface area contributed by atoms with E-state index in [1.807, 2.05) is 0 Å². The van der Waals surface area contributed by atoms with Crippen molar-refractivity contribution in [3.8, 4) is 0 Å². The molecule has 1 unspecified atom stereocenters. The fraction of sp³-hybridized carbons (Fsp3) is 0.375. The van der Waals surface area contributed by atoms with Crippen molar-refractivity contribution in [2.75, 3.05) is 6.54 Å². The van der Waals surface area contributed by atoms with Gasteiger partial charge >= 0.3 is 0 Å². The SMILES string of the molecule is NCC(c1cnc(Cl)c(Cl)c1)C(F)F. The number of halogens is 4. The Labute approximate surface area is 90.0 Å². The van der Waals surface area contributed by atoms with Crippen molar-refractivity contribution in [3.63, 3.8) is 0 Å². The first-order valence-corrected chi connectivity index (χ1v) is 4.61. The molecule has 78 valence electrons. The summed E-state index contributed by atoms with van der Waals surface area (Å²) in [5, 5.41) is 0.253. The monoisotopic (exact) mass is 240 g/mol. The lowest BCUT2D eigenvalue weighted by molar-refractivity contribution is 0.117. The van der Waals surface area contributed by atoms with E-state index in [0.29, 0.717) is 5.56 Å². The summed E-state index contributed by atoms with van der Waals surface area (Å²) in [6.45, 7) is -0.155. The predicted octanol–water partition coefficient (Wildman–Crippen LogP) is 2.70. The molecule has 2 nitrogen and oxygen atoms in total. The van der Waals surface area contributed by atoms with Gasteiger partial charge < -0.3 is 5.73 Å². The molecule has 0 aliphatic rings.